The van der Waals surface area contributed by atoms with Crippen LogP contribution in [0.15, 0.2) is 36.8 Å². The van der Waals surface area contributed by atoms with Crippen molar-refractivity contribution >= 4 is 17.0 Å². The Morgan fingerprint density at radius 3 is 3.17 bits per heavy atom. The van der Waals surface area contributed by atoms with Gasteiger partial charge in [0, 0.05) is 30.5 Å². The summed E-state index contributed by atoms with van der Waals surface area (Å²) in [4.78, 5) is 19.1. The lowest BCUT2D eigenvalue weighted by atomic mass is 10.1. The van der Waals surface area contributed by atoms with Crippen LogP contribution in [0.3, 0.4) is 0 Å². The van der Waals surface area contributed by atoms with Gasteiger partial charge in [-0.15, -0.1) is 0 Å². The summed E-state index contributed by atoms with van der Waals surface area (Å²) in [5.41, 5.74) is 3.52. The van der Waals surface area contributed by atoms with Crippen LogP contribution >= 0.6 is 0 Å². The topological polar surface area (TPSA) is 69.7 Å². The molecule has 1 saturated heterocycles. The zero-order valence-electron chi connectivity index (χ0n) is 13.2. The van der Waals surface area contributed by atoms with Gasteiger partial charge >= 0.3 is 0 Å². The minimum atomic E-state index is 0.423. The molecule has 1 fully saturated rings. The van der Waals surface area contributed by atoms with Crippen molar-refractivity contribution in [2.45, 2.75) is 18.9 Å². The molecule has 23 heavy (non-hydrogen) atoms. The molecule has 0 bridgehead atoms. The van der Waals surface area contributed by atoms with Gasteiger partial charge in [0.1, 0.15) is 11.3 Å². The second-order valence-corrected chi connectivity index (χ2v) is 6.11. The Kier molecular flexibility index (Phi) is 3.67. The fourth-order valence-corrected chi connectivity index (χ4v) is 3.16. The van der Waals surface area contributed by atoms with Gasteiger partial charge in [-0.3, -0.25) is 0 Å². The van der Waals surface area contributed by atoms with Gasteiger partial charge in [0.25, 0.3) is 0 Å². The number of hydrogen-bond donors (Lipinski definition) is 2. The highest BCUT2D eigenvalue weighted by Crippen LogP contribution is 2.26. The van der Waals surface area contributed by atoms with Crippen LogP contribution in [0, 0.1) is 0 Å². The molecule has 4 heterocycles. The SMILES string of the molecule is CN1CCC[C@H](Nc2ncccc2-c2cnc3[nH]ccc3n2)C1. The molecule has 1 atom stereocenters. The van der Waals surface area contributed by atoms with Gasteiger partial charge < -0.3 is 15.2 Å². The van der Waals surface area contributed by atoms with Crippen molar-refractivity contribution in [1.29, 1.82) is 0 Å². The first-order valence-electron chi connectivity index (χ1n) is 8.00. The Balaban J connectivity index is 1.66. The number of aromatic nitrogens is 4. The van der Waals surface area contributed by atoms with Gasteiger partial charge in [-0.25, -0.2) is 15.0 Å². The molecule has 0 radical (unpaired) electrons. The number of nitrogens with zero attached hydrogens (tertiary/aromatic N) is 4. The number of piperidine rings is 1. The number of H-pyrrole nitrogens is 1. The number of rotatable bonds is 3. The van der Waals surface area contributed by atoms with Crippen LogP contribution in [0.4, 0.5) is 5.82 Å². The number of likely N-dealkylation sites (tertiary alicyclic amines) is 1. The third kappa shape index (κ3) is 2.90. The zero-order chi connectivity index (χ0) is 15.6. The molecule has 2 N–H and O–H groups in total. The van der Waals surface area contributed by atoms with E-state index < -0.39 is 0 Å². The maximum Gasteiger partial charge on any atom is 0.156 e. The summed E-state index contributed by atoms with van der Waals surface area (Å²) in [6.07, 6.45) is 7.86. The molecule has 0 aliphatic carbocycles. The first-order valence-corrected chi connectivity index (χ1v) is 8.00. The largest absolute Gasteiger partial charge is 0.365 e. The van der Waals surface area contributed by atoms with Crippen LogP contribution in [0.25, 0.3) is 22.4 Å². The minimum absolute atomic E-state index is 0.423. The van der Waals surface area contributed by atoms with Crippen molar-refractivity contribution in [3.63, 3.8) is 0 Å². The van der Waals surface area contributed by atoms with E-state index in [1.165, 1.54) is 19.4 Å². The number of pyridine rings is 1. The van der Waals surface area contributed by atoms with Gasteiger partial charge in [0.05, 0.1) is 11.9 Å². The van der Waals surface area contributed by atoms with E-state index in [1.807, 2.05) is 30.6 Å². The Morgan fingerprint density at radius 1 is 1.30 bits per heavy atom. The summed E-state index contributed by atoms with van der Waals surface area (Å²) in [6.45, 7) is 2.21. The Labute approximate surface area is 135 Å². The Bertz CT molecular complexity index is 811. The first kappa shape index (κ1) is 14.1. The van der Waals surface area contributed by atoms with Crippen molar-refractivity contribution in [3.8, 4) is 11.3 Å². The third-order valence-electron chi connectivity index (χ3n) is 4.31. The van der Waals surface area contributed by atoms with Crippen molar-refractivity contribution in [1.82, 2.24) is 24.8 Å². The number of nitrogens with one attached hydrogen (secondary N) is 2. The molecule has 0 unspecified atom stereocenters. The molecule has 0 spiro atoms. The number of hydrogen-bond acceptors (Lipinski definition) is 5. The lowest BCUT2D eigenvalue weighted by Gasteiger charge is -2.31. The maximum atomic E-state index is 4.69. The Morgan fingerprint density at radius 2 is 2.26 bits per heavy atom. The van der Waals surface area contributed by atoms with Crippen molar-refractivity contribution < 1.29 is 0 Å². The van der Waals surface area contributed by atoms with Gasteiger partial charge in [-0.05, 0) is 44.6 Å². The van der Waals surface area contributed by atoms with E-state index in [1.54, 1.807) is 6.20 Å². The second-order valence-electron chi connectivity index (χ2n) is 6.11. The highest BCUT2D eigenvalue weighted by molar-refractivity contribution is 5.78. The standard InChI is InChI=1S/C17H20N6/c1-23-9-3-4-12(11-23)21-16-13(5-2-7-18-16)15-10-20-17-14(22-15)6-8-19-17/h2,5-8,10,12H,3-4,9,11H2,1H3,(H,18,21)(H,19,20)/t12-/m0/s1. The molecule has 0 aromatic carbocycles. The van der Waals surface area contributed by atoms with Crippen molar-refractivity contribution in [3.05, 3.63) is 36.8 Å². The molecule has 4 rings (SSSR count). The molecule has 3 aromatic rings. The minimum Gasteiger partial charge on any atom is -0.365 e. The summed E-state index contributed by atoms with van der Waals surface area (Å²) in [5, 5.41) is 3.59. The van der Waals surface area contributed by atoms with E-state index in [2.05, 4.69) is 37.2 Å². The monoisotopic (exact) mass is 308 g/mol. The number of likely N-dealkylation sites (N-methyl/N-ethyl adjacent to an activating group) is 1. The molecule has 0 amide bonds. The van der Waals surface area contributed by atoms with E-state index >= 15 is 0 Å². The highest BCUT2D eigenvalue weighted by atomic mass is 15.1. The third-order valence-corrected chi connectivity index (χ3v) is 4.31. The fraction of sp³-hybridized carbons (Fsp3) is 0.353. The lowest BCUT2D eigenvalue weighted by molar-refractivity contribution is 0.261. The average molecular weight is 308 g/mol. The number of anilines is 1. The van der Waals surface area contributed by atoms with Crippen LogP contribution in [0.5, 0.6) is 0 Å². The maximum absolute atomic E-state index is 4.69. The molecule has 1 aliphatic heterocycles. The molecule has 6 heteroatoms. The molecular formula is C17H20N6. The predicted molar refractivity (Wildman–Crippen MR) is 91.3 cm³/mol. The quantitative estimate of drug-likeness (QED) is 0.778. The van der Waals surface area contributed by atoms with Gasteiger partial charge in [-0.2, -0.15) is 0 Å². The first-order chi connectivity index (χ1) is 11.3. The van der Waals surface area contributed by atoms with E-state index in [0.29, 0.717) is 6.04 Å². The fourth-order valence-electron chi connectivity index (χ4n) is 3.16. The normalized spacial score (nSPS) is 19.1. The van der Waals surface area contributed by atoms with Crippen LogP contribution in [-0.2, 0) is 0 Å². The van der Waals surface area contributed by atoms with Crippen molar-refractivity contribution in [2.24, 2.45) is 0 Å². The van der Waals surface area contributed by atoms with E-state index in [4.69, 9.17) is 0 Å². The summed E-state index contributed by atoms with van der Waals surface area (Å²) in [6, 6.07) is 6.35. The number of aromatic amines is 1. The second kappa shape index (κ2) is 5.96. The summed E-state index contributed by atoms with van der Waals surface area (Å²) in [5.74, 6) is 0.886. The highest BCUT2D eigenvalue weighted by Gasteiger charge is 2.19. The zero-order valence-corrected chi connectivity index (χ0v) is 13.2. The Hall–Kier alpha value is -2.47. The predicted octanol–water partition coefficient (Wildman–Crippen LogP) is 2.53. The van der Waals surface area contributed by atoms with E-state index in [0.717, 1.165) is 34.8 Å². The van der Waals surface area contributed by atoms with Gasteiger partial charge in [0.15, 0.2) is 5.65 Å². The molecule has 3 aromatic heterocycles. The van der Waals surface area contributed by atoms with E-state index in [-0.39, 0.29) is 0 Å². The van der Waals surface area contributed by atoms with Crippen LogP contribution < -0.4 is 5.32 Å². The molecule has 6 nitrogen and oxygen atoms in total. The smallest absolute Gasteiger partial charge is 0.156 e. The summed E-state index contributed by atoms with van der Waals surface area (Å²) >= 11 is 0. The van der Waals surface area contributed by atoms with E-state index in [9.17, 15) is 0 Å². The number of fused-ring (bicyclic) bond motifs is 1. The summed E-state index contributed by atoms with van der Waals surface area (Å²) < 4.78 is 0. The average Bonchev–Trinajstić information content (AvgIpc) is 3.03. The summed E-state index contributed by atoms with van der Waals surface area (Å²) in [7, 11) is 2.17. The molecule has 0 saturated carbocycles. The molecule has 1 aliphatic rings. The van der Waals surface area contributed by atoms with Crippen LogP contribution in [-0.4, -0.2) is 51.0 Å². The van der Waals surface area contributed by atoms with Gasteiger partial charge in [0.2, 0.25) is 0 Å². The van der Waals surface area contributed by atoms with Crippen LogP contribution in [0.2, 0.25) is 0 Å². The lowest BCUT2D eigenvalue weighted by Crippen LogP contribution is -2.40. The molecule has 118 valence electrons. The van der Waals surface area contributed by atoms with Gasteiger partial charge in [-0.1, -0.05) is 0 Å². The van der Waals surface area contributed by atoms with Crippen molar-refractivity contribution in [2.75, 3.05) is 25.5 Å². The van der Waals surface area contributed by atoms with Crippen LogP contribution in [0.1, 0.15) is 12.8 Å². The molecular weight excluding hydrogens is 288 g/mol.